The quantitative estimate of drug-likeness (QED) is 0.715. The maximum absolute atomic E-state index is 14.0. The van der Waals surface area contributed by atoms with Gasteiger partial charge < -0.3 is 19.9 Å². The fourth-order valence-electron chi connectivity index (χ4n) is 3.80. The van der Waals surface area contributed by atoms with Crippen LogP contribution in [0.15, 0.2) is 42.5 Å². The number of amides is 1. The minimum Gasteiger partial charge on any atom is -0.484 e. The number of likely N-dealkylation sites (N-methyl/N-ethyl adjacent to an activating group) is 1. The van der Waals surface area contributed by atoms with Gasteiger partial charge in [-0.25, -0.2) is 4.39 Å². The van der Waals surface area contributed by atoms with Crippen molar-refractivity contribution in [3.8, 4) is 5.75 Å². The summed E-state index contributed by atoms with van der Waals surface area (Å²) >= 11 is 0. The molecular formula is C24H32FN3O2. The first-order chi connectivity index (χ1) is 14.5. The number of anilines is 1. The molecule has 0 saturated carbocycles. The van der Waals surface area contributed by atoms with Crippen LogP contribution in [-0.4, -0.2) is 50.1 Å². The van der Waals surface area contributed by atoms with Gasteiger partial charge in [0.1, 0.15) is 11.6 Å². The molecule has 162 valence electrons. The van der Waals surface area contributed by atoms with Crippen molar-refractivity contribution in [2.24, 2.45) is 0 Å². The molecule has 0 bridgehead atoms. The Hall–Kier alpha value is -2.60. The van der Waals surface area contributed by atoms with Gasteiger partial charge in [-0.15, -0.1) is 0 Å². The molecule has 2 aromatic rings. The Morgan fingerprint density at radius 2 is 1.80 bits per heavy atom. The lowest BCUT2D eigenvalue weighted by atomic mass is 10.0. The van der Waals surface area contributed by atoms with Gasteiger partial charge in [-0.2, -0.15) is 0 Å². The number of carbonyl (C=O) groups excluding carboxylic acids is 1. The zero-order chi connectivity index (χ0) is 21.5. The second-order valence-corrected chi connectivity index (χ2v) is 7.70. The summed E-state index contributed by atoms with van der Waals surface area (Å²) in [5.74, 6) is 0.137. The van der Waals surface area contributed by atoms with Crippen LogP contribution in [0, 0.1) is 5.82 Å². The second-order valence-electron chi connectivity index (χ2n) is 7.70. The van der Waals surface area contributed by atoms with E-state index in [1.807, 2.05) is 37.3 Å². The number of carbonyl (C=O) groups is 1. The van der Waals surface area contributed by atoms with Crippen LogP contribution in [0.3, 0.4) is 0 Å². The van der Waals surface area contributed by atoms with Crippen molar-refractivity contribution in [2.45, 2.75) is 33.2 Å². The summed E-state index contributed by atoms with van der Waals surface area (Å²) in [6.07, 6.45) is 0.960. The lowest BCUT2D eigenvalue weighted by molar-refractivity contribution is -0.123. The molecule has 30 heavy (non-hydrogen) atoms. The molecule has 1 aliphatic rings. The van der Waals surface area contributed by atoms with E-state index in [9.17, 15) is 9.18 Å². The predicted octanol–water partition coefficient (Wildman–Crippen LogP) is 3.79. The summed E-state index contributed by atoms with van der Waals surface area (Å²) in [6.45, 7) is 10.9. The van der Waals surface area contributed by atoms with Gasteiger partial charge in [-0.05, 0) is 55.8 Å². The zero-order valence-corrected chi connectivity index (χ0v) is 18.2. The minimum atomic E-state index is -0.321. The topological polar surface area (TPSA) is 44.8 Å². The van der Waals surface area contributed by atoms with Gasteiger partial charge in [0.05, 0.1) is 6.04 Å². The standard InChI is InChI=1S/C24H32FN3O2/c1-4-19-6-9-21(10-7-19)30-17-24(29)26-18(3)22-16-20(25)8-11-23(22)28-14-12-27(5-2)13-15-28/h6-11,16,18H,4-5,12-15,17H2,1-3H3,(H,26,29). The van der Waals surface area contributed by atoms with Crippen LogP contribution >= 0.6 is 0 Å². The highest BCUT2D eigenvalue weighted by Crippen LogP contribution is 2.28. The number of hydrogen-bond donors (Lipinski definition) is 1. The van der Waals surface area contributed by atoms with Crippen molar-refractivity contribution >= 4 is 11.6 Å². The fraction of sp³-hybridized carbons (Fsp3) is 0.458. The molecule has 1 fully saturated rings. The van der Waals surface area contributed by atoms with Crippen LogP contribution in [0.1, 0.15) is 37.9 Å². The summed E-state index contributed by atoms with van der Waals surface area (Å²) in [6, 6.07) is 12.2. The van der Waals surface area contributed by atoms with Gasteiger partial charge in [0.2, 0.25) is 0 Å². The number of benzene rings is 2. The number of nitrogens with one attached hydrogen (secondary N) is 1. The van der Waals surface area contributed by atoms with Gasteiger partial charge in [0, 0.05) is 37.4 Å². The van der Waals surface area contributed by atoms with Gasteiger partial charge in [0.15, 0.2) is 6.61 Å². The van der Waals surface area contributed by atoms with Crippen molar-refractivity contribution in [1.82, 2.24) is 10.2 Å². The summed E-state index contributed by atoms with van der Waals surface area (Å²) in [4.78, 5) is 17.1. The molecule has 1 unspecified atom stereocenters. The third kappa shape index (κ3) is 5.72. The van der Waals surface area contributed by atoms with Gasteiger partial charge in [-0.3, -0.25) is 4.79 Å². The van der Waals surface area contributed by atoms with E-state index >= 15 is 0 Å². The lowest BCUT2D eigenvalue weighted by Gasteiger charge is -2.37. The summed E-state index contributed by atoms with van der Waals surface area (Å²) in [5, 5.41) is 2.95. The van der Waals surface area contributed by atoms with E-state index in [-0.39, 0.29) is 24.4 Å². The van der Waals surface area contributed by atoms with Gasteiger partial charge >= 0.3 is 0 Å². The number of ether oxygens (including phenoxy) is 1. The smallest absolute Gasteiger partial charge is 0.258 e. The Morgan fingerprint density at radius 3 is 2.43 bits per heavy atom. The Labute approximate surface area is 178 Å². The van der Waals surface area contributed by atoms with E-state index < -0.39 is 0 Å². The molecule has 1 atom stereocenters. The first kappa shape index (κ1) is 22.1. The molecule has 3 rings (SSSR count). The highest BCUT2D eigenvalue weighted by atomic mass is 19.1. The van der Waals surface area contributed by atoms with E-state index in [0.717, 1.165) is 50.4 Å². The van der Waals surface area contributed by atoms with Crippen LogP contribution in [-0.2, 0) is 11.2 Å². The van der Waals surface area contributed by atoms with Gasteiger partial charge in [0.25, 0.3) is 5.91 Å². The third-order valence-corrected chi connectivity index (χ3v) is 5.70. The maximum atomic E-state index is 14.0. The molecule has 1 saturated heterocycles. The van der Waals surface area contributed by atoms with Crippen LogP contribution in [0.25, 0.3) is 0 Å². The largest absolute Gasteiger partial charge is 0.484 e. The van der Waals surface area contributed by atoms with E-state index in [4.69, 9.17) is 4.74 Å². The highest BCUT2D eigenvalue weighted by molar-refractivity contribution is 5.78. The first-order valence-electron chi connectivity index (χ1n) is 10.8. The fourth-order valence-corrected chi connectivity index (χ4v) is 3.80. The number of piperazine rings is 1. The van der Waals surface area contributed by atoms with Crippen LogP contribution < -0.4 is 15.0 Å². The number of rotatable bonds is 8. The molecule has 0 aromatic heterocycles. The zero-order valence-electron chi connectivity index (χ0n) is 18.2. The molecule has 0 spiro atoms. The van der Waals surface area contributed by atoms with Gasteiger partial charge in [-0.1, -0.05) is 26.0 Å². The molecule has 1 N–H and O–H groups in total. The second kappa shape index (κ2) is 10.4. The Bertz CT molecular complexity index is 833. The molecule has 1 aliphatic heterocycles. The lowest BCUT2D eigenvalue weighted by Crippen LogP contribution is -2.46. The number of halogens is 1. The maximum Gasteiger partial charge on any atom is 0.258 e. The molecule has 0 aliphatic carbocycles. The van der Waals surface area contributed by atoms with Crippen molar-refractivity contribution in [1.29, 1.82) is 0 Å². The van der Waals surface area contributed by atoms with Crippen molar-refractivity contribution in [2.75, 3.05) is 44.2 Å². The Morgan fingerprint density at radius 1 is 1.10 bits per heavy atom. The summed E-state index contributed by atoms with van der Waals surface area (Å²) < 4.78 is 19.6. The Kier molecular flexibility index (Phi) is 7.69. The van der Waals surface area contributed by atoms with E-state index in [0.29, 0.717) is 5.75 Å². The molecule has 1 heterocycles. The highest BCUT2D eigenvalue weighted by Gasteiger charge is 2.22. The minimum absolute atomic E-state index is 0.0738. The van der Waals surface area contributed by atoms with E-state index in [1.165, 1.54) is 17.7 Å². The number of aryl methyl sites for hydroxylation is 1. The normalized spacial score (nSPS) is 15.7. The number of hydrogen-bond acceptors (Lipinski definition) is 4. The molecule has 6 heteroatoms. The van der Waals surface area contributed by atoms with Crippen LogP contribution in [0.5, 0.6) is 5.75 Å². The molecule has 5 nitrogen and oxygen atoms in total. The van der Waals surface area contributed by atoms with Crippen molar-refractivity contribution in [3.63, 3.8) is 0 Å². The summed E-state index contributed by atoms with van der Waals surface area (Å²) in [5.41, 5.74) is 3.00. The predicted molar refractivity (Wildman–Crippen MR) is 119 cm³/mol. The van der Waals surface area contributed by atoms with Crippen molar-refractivity contribution < 1.29 is 13.9 Å². The molecular weight excluding hydrogens is 381 g/mol. The molecule has 0 radical (unpaired) electrons. The van der Waals surface area contributed by atoms with Crippen molar-refractivity contribution in [3.05, 3.63) is 59.4 Å². The van der Waals surface area contributed by atoms with Crippen LogP contribution in [0.4, 0.5) is 10.1 Å². The average Bonchev–Trinajstić information content (AvgIpc) is 2.78. The number of nitrogens with zero attached hydrogens (tertiary/aromatic N) is 2. The first-order valence-corrected chi connectivity index (χ1v) is 10.8. The third-order valence-electron chi connectivity index (χ3n) is 5.70. The monoisotopic (exact) mass is 413 g/mol. The van der Waals surface area contributed by atoms with E-state index in [1.54, 1.807) is 0 Å². The Balaban J connectivity index is 1.61. The SMILES string of the molecule is CCc1ccc(OCC(=O)NC(C)c2cc(F)ccc2N2CCN(CC)CC2)cc1. The molecule has 1 amide bonds. The average molecular weight is 414 g/mol. The summed E-state index contributed by atoms with van der Waals surface area (Å²) in [7, 11) is 0. The van der Waals surface area contributed by atoms with E-state index in [2.05, 4.69) is 29.0 Å². The van der Waals surface area contributed by atoms with Crippen LogP contribution in [0.2, 0.25) is 0 Å². The molecule has 2 aromatic carbocycles.